The van der Waals surface area contributed by atoms with E-state index in [0.717, 1.165) is 37.8 Å². The number of rotatable bonds is 8. The normalized spacial score (nSPS) is 14.0. The molecule has 0 saturated heterocycles. The maximum absolute atomic E-state index is 13.0. The average Bonchev–Trinajstić information content (AvgIpc) is 2.68. The fourth-order valence-corrected chi connectivity index (χ4v) is 3.25. The van der Waals surface area contributed by atoms with Crippen molar-refractivity contribution in [2.24, 2.45) is 0 Å². The molecule has 0 fully saturated rings. The second-order valence-electron chi connectivity index (χ2n) is 7.43. The van der Waals surface area contributed by atoms with Crippen molar-refractivity contribution in [3.8, 4) is 0 Å². The zero-order valence-electron chi connectivity index (χ0n) is 17.3. The topological polar surface area (TPSA) is 90.5 Å². The number of anilines is 1. The minimum absolute atomic E-state index is 0.271. The molecule has 10 heteroatoms. The third kappa shape index (κ3) is 8.79. The molecule has 0 radical (unpaired) electrons. The van der Waals surface area contributed by atoms with Crippen LogP contribution in [0.3, 0.4) is 0 Å². The summed E-state index contributed by atoms with van der Waals surface area (Å²) in [5.74, 6) is -1.34. The van der Waals surface area contributed by atoms with Crippen LogP contribution in [0.25, 0.3) is 0 Å². The van der Waals surface area contributed by atoms with Gasteiger partial charge in [0.15, 0.2) is 0 Å². The van der Waals surface area contributed by atoms with Gasteiger partial charge in [-0.2, -0.15) is 13.2 Å². The lowest BCUT2D eigenvalue weighted by atomic mass is 9.97. The molecule has 0 atom stereocenters. The molecule has 7 nitrogen and oxygen atoms in total. The molecule has 1 aliphatic rings. The molecule has 3 N–H and O–H groups in total. The third-order valence-electron chi connectivity index (χ3n) is 4.70. The minimum Gasteiger partial charge on any atom is -0.337 e. The van der Waals surface area contributed by atoms with E-state index in [2.05, 4.69) is 22.0 Å². The van der Waals surface area contributed by atoms with Gasteiger partial charge in [0.2, 0.25) is 11.8 Å². The Morgan fingerprint density at radius 3 is 2.45 bits per heavy atom. The van der Waals surface area contributed by atoms with E-state index in [4.69, 9.17) is 0 Å². The zero-order valence-corrected chi connectivity index (χ0v) is 17.3. The van der Waals surface area contributed by atoms with Crippen LogP contribution in [0.1, 0.15) is 37.7 Å². The summed E-state index contributed by atoms with van der Waals surface area (Å²) < 4.78 is 39.0. The van der Waals surface area contributed by atoms with Crippen LogP contribution in [0.5, 0.6) is 0 Å². The van der Waals surface area contributed by atoms with Crippen molar-refractivity contribution in [2.75, 3.05) is 32.0 Å². The van der Waals surface area contributed by atoms with Crippen molar-refractivity contribution in [2.45, 2.75) is 38.3 Å². The summed E-state index contributed by atoms with van der Waals surface area (Å²) >= 11 is 0. The fraction of sp³-hybridized carbons (Fsp3) is 0.476. The lowest BCUT2D eigenvalue weighted by molar-refractivity contribution is -0.137. The van der Waals surface area contributed by atoms with Gasteiger partial charge in [-0.15, -0.1) is 0 Å². The average molecular weight is 440 g/mol. The Kier molecular flexibility index (Phi) is 9.04. The lowest BCUT2D eigenvalue weighted by Crippen LogP contribution is -2.45. The molecular weight excluding hydrogens is 413 g/mol. The van der Waals surface area contributed by atoms with Crippen LogP contribution in [0.15, 0.2) is 35.9 Å². The maximum atomic E-state index is 13.0. The Bertz CT molecular complexity index is 824. The number of nitrogens with one attached hydrogen (secondary N) is 3. The number of urea groups is 1. The Morgan fingerprint density at radius 2 is 1.77 bits per heavy atom. The molecule has 0 spiro atoms. The molecule has 4 amide bonds. The summed E-state index contributed by atoms with van der Waals surface area (Å²) in [6.07, 6.45) is 2.74. The van der Waals surface area contributed by atoms with Gasteiger partial charge in [0.25, 0.3) is 0 Å². The smallest absolute Gasteiger partial charge is 0.337 e. The number of hydrogen-bond acceptors (Lipinski definition) is 4. The summed E-state index contributed by atoms with van der Waals surface area (Å²) in [7, 11) is 1.45. The van der Waals surface area contributed by atoms with Crippen LogP contribution in [-0.2, 0) is 15.8 Å². The highest BCUT2D eigenvalue weighted by atomic mass is 19.4. The number of hydrogen-bond donors (Lipinski definition) is 3. The number of likely N-dealkylation sites (N-methyl/N-ethyl adjacent to an activating group) is 1. The predicted molar refractivity (Wildman–Crippen MR) is 110 cm³/mol. The molecule has 170 valence electrons. The lowest BCUT2D eigenvalue weighted by Gasteiger charge is -2.17. The van der Waals surface area contributed by atoms with Gasteiger partial charge in [0, 0.05) is 6.54 Å². The van der Waals surface area contributed by atoms with Gasteiger partial charge in [0.1, 0.15) is 0 Å². The molecule has 0 heterocycles. The first-order valence-electron chi connectivity index (χ1n) is 10.1. The summed E-state index contributed by atoms with van der Waals surface area (Å²) in [4.78, 5) is 37.1. The quantitative estimate of drug-likeness (QED) is 0.541. The molecular formula is C21H27F3N4O3. The van der Waals surface area contributed by atoms with Gasteiger partial charge in [-0.3, -0.25) is 19.8 Å². The molecule has 0 saturated carbocycles. The van der Waals surface area contributed by atoms with Gasteiger partial charge in [-0.05, 0) is 51.3 Å². The summed E-state index contributed by atoms with van der Waals surface area (Å²) in [5, 5.41) is 6.99. The number of amides is 4. The van der Waals surface area contributed by atoms with Gasteiger partial charge >= 0.3 is 12.2 Å². The van der Waals surface area contributed by atoms with Crippen LogP contribution >= 0.6 is 0 Å². The molecule has 0 aliphatic heterocycles. The highest BCUT2D eigenvalue weighted by molar-refractivity contribution is 5.96. The van der Waals surface area contributed by atoms with Crippen molar-refractivity contribution in [3.05, 3.63) is 41.5 Å². The molecule has 2 rings (SSSR count). The fourth-order valence-electron chi connectivity index (χ4n) is 3.25. The molecule has 0 unspecified atom stereocenters. The van der Waals surface area contributed by atoms with Crippen LogP contribution < -0.4 is 16.0 Å². The van der Waals surface area contributed by atoms with Crippen molar-refractivity contribution in [3.63, 3.8) is 0 Å². The number of imide groups is 1. The number of carbonyl (C=O) groups is 3. The van der Waals surface area contributed by atoms with E-state index in [1.165, 1.54) is 36.1 Å². The van der Waals surface area contributed by atoms with E-state index < -0.39 is 29.6 Å². The van der Waals surface area contributed by atoms with E-state index in [9.17, 15) is 27.6 Å². The standard InChI is InChI=1S/C21H27F3N4O3/c1-28(13-18(29)26-17-10-6-5-9-16(17)21(22,23)24)14-19(30)27-20(31)25-12-11-15-7-3-2-4-8-15/h5-7,9-10H,2-4,8,11-14H2,1H3,(H,26,29)(H2,25,27,30,31). The highest BCUT2D eigenvalue weighted by Gasteiger charge is 2.33. The van der Waals surface area contributed by atoms with Gasteiger partial charge in [0.05, 0.1) is 24.3 Å². The van der Waals surface area contributed by atoms with E-state index in [-0.39, 0.29) is 18.8 Å². The Balaban J connectivity index is 1.72. The highest BCUT2D eigenvalue weighted by Crippen LogP contribution is 2.34. The molecule has 1 aromatic carbocycles. The van der Waals surface area contributed by atoms with Crippen LogP contribution in [0.4, 0.5) is 23.7 Å². The number of benzene rings is 1. The zero-order chi connectivity index (χ0) is 22.9. The van der Waals surface area contributed by atoms with E-state index >= 15 is 0 Å². The van der Waals surface area contributed by atoms with Crippen molar-refractivity contribution in [1.29, 1.82) is 0 Å². The molecule has 0 aromatic heterocycles. The number of nitrogens with zero attached hydrogens (tertiary/aromatic N) is 1. The first-order valence-corrected chi connectivity index (χ1v) is 10.1. The van der Waals surface area contributed by atoms with Crippen molar-refractivity contribution < 1.29 is 27.6 Å². The molecule has 0 bridgehead atoms. The maximum Gasteiger partial charge on any atom is 0.418 e. The number of halogens is 3. The van der Waals surface area contributed by atoms with Crippen LogP contribution in [0.2, 0.25) is 0 Å². The van der Waals surface area contributed by atoms with Gasteiger partial charge < -0.3 is 10.6 Å². The molecule has 31 heavy (non-hydrogen) atoms. The van der Waals surface area contributed by atoms with E-state index in [0.29, 0.717) is 6.54 Å². The Morgan fingerprint density at radius 1 is 1.06 bits per heavy atom. The molecule has 1 aromatic rings. The van der Waals surface area contributed by atoms with Gasteiger partial charge in [-0.1, -0.05) is 23.8 Å². The Labute approximate surface area is 179 Å². The Hall–Kier alpha value is -2.88. The SMILES string of the molecule is CN(CC(=O)NC(=O)NCCC1=CCCCC1)CC(=O)Nc1ccccc1C(F)(F)F. The van der Waals surface area contributed by atoms with E-state index in [1.54, 1.807) is 0 Å². The largest absolute Gasteiger partial charge is 0.418 e. The number of carbonyl (C=O) groups excluding carboxylic acids is 3. The first-order chi connectivity index (χ1) is 14.6. The third-order valence-corrected chi connectivity index (χ3v) is 4.70. The van der Waals surface area contributed by atoms with Crippen LogP contribution in [-0.4, -0.2) is 49.4 Å². The minimum atomic E-state index is -4.60. The summed E-state index contributed by atoms with van der Waals surface area (Å²) in [6, 6.07) is 4.01. The summed E-state index contributed by atoms with van der Waals surface area (Å²) in [6.45, 7) is -0.176. The summed E-state index contributed by atoms with van der Waals surface area (Å²) in [5.41, 5.74) is -0.00886. The number of para-hydroxylation sites is 1. The van der Waals surface area contributed by atoms with Crippen molar-refractivity contribution in [1.82, 2.24) is 15.5 Å². The first kappa shape index (κ1) is 24.4. The monoisotopic (exact) mass is 440 g/mol. The van der Waals surface area contributed by atoms with Crippen molar-refractivity contribution >= 4 is 23.5 Å². The molecule has 1 aliphatic carbocycles. The second-order valence-corrected chi connectivity index (χ2v) is 7.43. The second kappa shape index (κ2) is 11.5. The van der Waals surface area contributed by atoms with Gasteiger partial charge in [-0.25, -0.2) is 4.79 Å². The number of alkyl halides is 3. The predicted octanol–water partition coefficient (Wildman–Crippen LogP) is 3.29. The number of allylic oxidation sites excluding steroid dienone is 1. The van der Waals surface area contributed by atoms with Crippen LogP contribution in [0, 0.1) is 0 Å². The van der Waals surface area contributed by atoms with E-state index in [1.807, 2.05) is 0 Å².